The first-order valence-electron chi connectivity index (χ1n) is 6.86. The third-order valence-electron chi connectivity index (χ3n) is 3.90. The molecule has 2 rings (SSSR count). The van der Waals surface area contributed by atoms with Crippen LogP contribution in [0.1, 0.15) is 37.2 Å². The van der Waals surface area contributed by atoms with E-state index in [1.54, 1.807) is 0 Å². The lowest BCUT2D eigenvalue weighted by molar-refractivity contribution is 0.291. The van der Waals surface area contributed by atoms with Gasteiger partial charge < -0.3 is 11.1 Å². The van der Waals surface area contributed by atoms with Crippen molar-refractivity contribution in [3.63, 3.8) is 0 Å². The van der Waals surface area contributed by atoms with Gasteiger partial charge in [-0.2, -0.15) is 0 Å². The Hall–Kier alpha value is -0.860. The van der Waals surface area contributed by atoms with Gasteiger partial charge in [-0.3, -0.25) is 0 Å². The molecular weight excluding hydrogens is 208 g/mol. The average molecular weight is 232 g/mol. The fourth-order valence-corrected chi connectivity index (χ4v) is 2.43. The van der Waals surface area contributed by atoms with E-state index in [-0.39, 0.29) is 0 Å². The van der Waals surface area contributed by atoms with Crippen molar-refractivity contribution in [2.24, 2.45) is 11.7 Å². The van der Waals surface area contributed by atoms with E-state index in [4.69, 9.17) is 5.73 Å². The van der Waals surface area contributed by atoms with Crippen molar-refractivity contribution in [1.29, 1.82) is 0 Å². The van der Waals surface area contributed by atoms with Crippen LogP contribution in [0, 0.1) is 5.92 Å². The number of nitrogens with one attached hydrogen (secondary N) is 1. The predicted molar refractivity (Wildman–Crippen MR) is 73.1 cm³/mol. The fraction of sp³-hybridized carbons (Fsp3) is 0.600. The zero-order chi connectivity index (χ0) is 11.9. The Bertz CT molecular complexity index is 306. The van der Waals surface area contributed by atoms with Gasteiger partial charge in [-0.15, -0.1) is 0 Å². The summed E-state index contributed by atoms with van der Waals surface area (Å²) in [5, 5.41) is 3.55. The maximum absolute atomic E-state index is 5.84. The second kappa shape index (κ2) is 6.77. The van der Waals surface area contributed by atoms with Crippen molar-refractivity contribution < 1.29 is 0 Å². The minimum Gasteiger partial charge on any atom is -0.330 e. The third kappa shape index (κ3) is 3.83. The molecule has 1 unspecified atom stereocenters. The molecule has 2 heteroatoms. The lowest BCUT2D eigenvalue weighted by Gasteiger charge is -2.25. The smallest absolute Gasteiger partial charge is 0.00863 e. The van der Waals surface area contributed by atoms with E-state index in [1.165, 1.54) is 31.2 Å². The van der Waals surface area contributed by atoms with E-state index in [9.17, 15) is 0 Å². The van der Waals surface area contributed by atoms with Crippen LogP contribution in [0.4, 0.5) is 0 Å². The molecule has 3 N–H and O–H groups in total. The van der Waals surface area contributed by atoms with Crippen molar-refractivity contribution in [3.05, 3.63) is 35.9 Å². The van der Waals surface area contributed by atoms with E-state index >= 15 is 0 Å². The van der Waals surface area contributed by atoms with Gasteiger partial charge in [0.1, 0.15) is 0 Å². The lowest BCUT2D eigenvalue weighted by atomic mass is 9.83. The summed E-state index contributed by atoms with van der Waals surface area (Å²) < 4.78 is 0. The average Bonchev–Trinajstić information content (AvgIpc) is 2.33. The van der Waals surface area contributed by atoms with Crippen LogP contribution in [-0.2, 0) is 0 Å². The summed E-state index contributed by atoms with van der Waals surface area (Å²) in [5.74, 6) is 1.45. The standard InChI is InChI=1S/C15H24N2/c16-11-15(14-7-2-1-3-8-14)12-17-10-9-13-5-4-6-13/h1-3,7-8,13,15,17H,4-6,9-12,16H2. The molecule has 17 heavy (non-hydrogen) atoms. The Labute approximate surface area is 105 Å². The molecule has 1 aliphatic rings. The quantitative estimate of drug-likeness (QED) is 0.709. The summed E-state index contributed by atoms with van der Waals surface area (Å²) in [7, 11) is 0. The van der Waals surface area contributed by atoms with Gasteiger partial charge in [-0.25, -0.2) is 0 Å². The second-order valence-electron chi connectivity index (χ2n) is 5.13. The number of rotatable bonds is 7. The molecule has 1 aromatic carbocycles. The summed E-state index contributed by atoms with van der Waals surface area (Å²) in [4.78, 5) is 0. The largest absolute Gasteiger partial charge is 0.330 e. The molecule has 0 saturated heterocycles. The van der Waals surface area contributed by atoms with E-state index in [2.05, 4.69) is 35.6 Å². The predicted octanol–water partition coefficient (Wildman–Crippen LogP) is 2.51. The Balaban J connectivity index is 1.68. The number of hydrogen-bond acceptors (Lipinski definition) is 2. The highest BCUT2D eigenvalue weighted by Crippen LogP contribution is 2.28. The van der Waals surface area contributed by atoms with E-state index < -0.39 is 0 Å². The molecule has 1 aromatic rings. The monoisotopic (exact) mass is 232 g/mol. The molecule has 0 heterocycles. The Morgan fingerprint density at radius 1 is 1.24 bits per heavy atom. The van der Waals surface area contributed by atoms with Gasteiger partial charge in [-0.05, 0) is 24.4 Å². The van der Waals surface area contributed by atoms with Gasteiger partial charge in [0.15, 0.2) is 0 Å². The molecule has 0 aliphatic heterocycles. The summed E-state index contributed by atoms with van der Waals surface area (Å²) in [6, 6.07) is 10.6. The highest BCUT2D eigenvalue weighted by Gasteiger charge is 2.16. The molecule has 0 spiro atoms. The number of hydrogen-bond donors (Lipinski definition) is 2. The van der Waals surface area contributed by atoms with Gasteiger partial charge in [0.05, 0.1) is 0 Å². The topological polar surface area (TPSA) is 38.0 Å². The normalized spacial score (nSPS) is 17.7. The van der Waals surface area contributed by atoms with E-state index in [1.807, 2.05) is 0 Å². The maximum atomic E-state index is 5.84. The van der Waals surface area contributed by atoms with Crippen LogP contribution < -0.4 is 11.1 Å². The Morgan fingerprint density at radius 3 is 2.59 bits per heavy atom. The van der Waals surface area contributed by atoms with Gasteiger partial charge in [0, 0.05) is 19.0 Å². The molecule has 1 fully saturated rings. The molecule has 94 valence electrons. The zero-order valence-corrected chi connectivity index (χ0v) is 10.6. The molecule has 0 amide bonds. The summed E-state index contributed by atoms with van der Waals surface area (Å²) >= 11 is 0. The lowest BCUT2D eigenvalue weighted by Crippen LogP contribution is -2.29. The van der Waals surface area contributed by atoms with Crippen molar-refractivity contribution >= 4 is 0 Å². The molecule has 0 bridgehead atoms. The third-order valence-corrected chi connectivity index (χ3v) is 3.90. The van der Waals surface area contributed by atoms with Gasteiger partial charge in [0.25, 0.3) is 0 Å². The van der Waals surface area contributed by atoms with Crippen LogP contribution >= 0.6 is 0 Å². The van der Waals surface area contributed by atoms with Crippen LogP contribution in [0.25, 0.3) is 0 Å². The Morgan fingerprint density at radius 2 is 2.00 bits per heavy atom. The zero-order valence-electron chi connectivity index (χ0n) is 10.6. The molecule has 1 atom stereocenters. The second-order valence-corrected chi connectivity index (χ2v) is 5.13. The highest BCUT2D eigenvalue weighted by molar-refractivity contribution is 5.20. The summed E-state index contributed by atoms with van der Waals surface area (Å²) in [6.07, 6.45) is 5.67. The highest BCUT2D eigenvalue weighted by atomic mass is 14.9. The van der Waals surface area contributed by atoms with Crippen LogP contribution in [0.3, 0.4) is 0 Å². The first-order valence-corrected chi connectivity index (χ1v) is 6.86. The van der Waals surface area contributed by atoms with Gasteiger partial charge in [0.2, 0.25) is 0 Å². The van der Waals surface area contributed by atoms with Crippen LogP contribution in [0.15, 0.2) is 30.3 Å². The first kappa shape index (κ1) is 12.6. The first-order chi connectivity index (χ1) is 8.40. The minimum atomic E-state index is 0.456. The van der Waals surface area contributed by atoms with Crippen molar-refractivity contribution in [2.45, 2.75) is 31.6 Å². The molecule has 1 aliphatic carbocycles. The minimum absolute atomic E-state index is 0.456. The van der Waals surface area contributed by atoms with Crippen LogP contribution in [0.5, 0.6) is 0 Å². The fourth-order valence-electron chi connectivity index (χ4n) is 2.43. The Kier molecular flexibility index (Phi) is 5.02. The van der Waals surface area contributed by atoms with Gasteiger partial charge in [-0.1, -0.05) is 49.6 Å². The van der Waals surface area contributed by atoms with Crippen molar-refractivity contribution in [2.75, 3.05) is 19.6 Å². The SMILES string of the molecule is NCC(CNCCC1CCC1)c1ccccc1. The molecule has 1 saturated carbocycles. The summed E-state index contributed by atoms with van der Waals surface area (Å²) in [6.45, 7) is 2.88. The molecule has 0 aromatic heterocycles. The summed E-state index contributed by atoms with van der Waals surface area (Å²) in [5.41, 5.74) is 7.20. The van der Waals surface area contributed by atoms with E-state index in [0.29, 0.717) is 5.92 Å². The van der Waals surface area contributed by atoms with Gasteiger partial charge >= 0.3 is 0 Å². The van der Waals surface area contributed by atoms with E-state index in [0.717, 1.165) is 25.6 Å². The molecule has 0 radical (unpaired) electrons. The number of nitrogens with two attached hydrogens (primary N) is 1. The molecule has 2 nitrogen and oxygen atoms in total. The number of benzene rings is 1. The van der Waals surface area contributed by atoms with Crippen LogP contribution in [0.2, 0.25) is 0 Å². The van der Waals surface area contributed by atoms with Crippen LogP contribution in [-0.4, -0.2) is 19.6 Å². The van der Waals surface area contributed by atoms with Crippen molar-refractivity contribution in [3.8, 4) is 0 Å². The maximum Gasteiger partial charge on any atom is 0.00863 e. The molecular formula is C15H24N2. The van der Waals surface area contributed by atoms with Crippen molar-refractivity contribution in [1.82, 2.24) is 5.32 Å².